The molecule has 0 heterocycles. The molecule has 9 nitrogen and oxygen atoms in total. The fourth-order valence-electron chi connectivity index (χ4n) is 2.09. The van der Waals surface area contributed by atoms with Gasteiger partial charge >= 0.3 is 26.5 Å². The molecule has 1 rings (SSSR count). The maximum atomic E-state index is 11.8. The highest BCUT2D eigenvalue weighted by atomic mass is 32.3. The van der Waals surface area contributed by atoms with Gasteiger partial charge in [0.1, 0.15) is 0 Å². The maximum absolute atomic E-state index is 11.8. The summed E-state index contributed by atoms with van der Waals surface area (Å²) in [5.41, 5.74) is -1.42. The third-order valence-corrected chi connectivity index (χ3v) is 4.15. The molecule has 0 saturated carbocycles. The lowest BCUT2D eigenvalue weighted by Gasteiger charge is -2.15. The average molecular weight is 427 g/mol. The predicted molar refractivity (Wildman–Crippen MR) is 98.9 cm³/mol. The summed E-state index contributed by atoms with van der Waals surface area (Å²) >= 11 is 0. The van der Waals surface area contributed by atoms with Crippen molar-refractivity contribution in [3.8, 4) is 0 Å². The fraction of sp³-hybridized carbons (Fsp3) is 0.562. The van der Waals surface area contributed by atoms with Crippen molar-refractivity contribution in [2.45, 2.75) is 51.4 Å². The molecule has 0 spiro atoms. The van der Waals surface area contributed by atoms with Gasteiger partial charge in [-0.05, 0) is 12.3 Å². The van der Waals surface area contributed by atoms with E-state index in [2.05, 4.69) is 13.8 Å². The summed E-state index contributed by atoms with van der Waals surface area (Å²) in [7, 11) is -9.17. The lowest BCUT2D eigenvalue weighted by molar-refractivity contribution is -0.146. The van der Waals surface area contributed by atoms with E-state index in [0.29, 0.717) is 12.3 Å². The van der Waals surface area contributed by atoms with Gasteiger partial charge in [0.05, 0.1) is 0 Å². The summed E-state index contributed by atoms with van der Waals surface area (Å²) in [5, 5.41) is 0. The molecule has 0 amide bonds. The molecular formula is C16H26O9S2. The monoisotopic (exact) mass is 426 g/mol. The van der Waals surface area contributed by atoms with Crippen molar-refractivity contribution in [2.24, 2.45) is 5.92 Å². The molecular weight excluding hydrogens is 400 g/mol. The predicted octanol–water partition coefficient (Wildman–Crippen LogP) is 3.07. The maximum Gasteiger partial charge on any atom is 0.394 e. The molecule has 1 aromatic carbocycles. The molecule has 0 aliphatic heterocycles. The Kier molecular flexibility index (Phi) is 11.4. The lowest BCUT2D eigenvalue weighted by Crippen LogP contribution is -2.19. The molecule has 1 atom stereocenters. The second-order valence-corrected chi connectivity index (χ2v) is 8.54. The molecule has 3 N–H and O–H groups in total. The van der Waals surface area contributed by atoms with E-state index in [0.717, 1.165) is 19.3 Å². The Balaban J connectivity index is 0.00000119. The van der Waals surface area contributed by atoms with Gasteiger partial charge in [0.25, 0.3) is 5.44 Å². The van der Waals surface area contributed by atoms with Gasteiger partial charge in [-0.2, -0.15) is 16.8 Å². The molecule has 27 heavy (non-hydrogen) atoms. The van der Waals surface area contributed by atoms with Gasteiger partial charge in [0, 0.05) is 12.0 Å². The van der Waals surface area contributed by atoms with Crippen LogP contribution in [0.2, 0.25) is 0 Å². The molecule has 0 radical (unpaired) electrons. The van der Waals surface area contributed by atoms with E-state index in [1.165, 1.54) is 12.1 Å². The highest BCUT2D eigenvalue weighted by Crippen LogP contribution is 2.23. The van der Waals surface area contributed by atoms with Crippen LogP contribution in [0.5, 0.6) is 0 Å². The van der Waals surface area contributed by atoms with Crippen molar-refractivity contribution < 1.29 is 40.0 Å². The van der Waals surface area contributed by atoms with Gasteiger partial charge in [-0.1, -0.05) is 63.4 Å². The summed E-state index contributed by atoms with van der Waals surface area (Å²) in [6.45, 7) is 4.29. The SMILES string of the molecule is CC(C)CCCCCC(=O)OC(c1ccccc1)S(=O)(=O)O.O=S(=O)(O)O. The van der Waals surface area contributed by atoms with Crippen LogP contribution >= 0.6 is 0 Å². The number of unbranched alkanes of at least 4 members (excludes halogenated alkanes) is 2. The fourth-order valence-corrected chi connectivity index (χ4v) is 2.82. The number of hydrogen-bond acceptors (Lipinski definition) is 6. The standard InChI is InChI=1S/C16H24O5S.H2O4S/c1-13(2)9-5-3-8-12-15(17)21-16(22(18,19)20)14-10-6-4-7-11-14;1-5(2,3)4/h4,6-7,10-11,13,16H,3,5,8-9,12H2,1-2H3,(H,18,19,20);(H2,1,2,3,4). The zero-order chi connectivity index (χ0) is 21.1. The van der Waals surface area contributed by atoms with Crippen LogP contribution in [0.25, 0.3) is 0 Å². The molecule has 1 unspecified atom stereocenters. The smallest absolute Gasteiger partial charge is 0.394 e. The summed E-state index contributed by atoms with van der Waals surface area (Å²) in [6.07, 6.45) is 3.84. The number of ether oxygens (including phenoxy) is 1. The van der Waals surface area contributed by atoms with Gasteiger partial charge in [0.15, 0.2) is 0 Å². The first-order valence-corrected chi connectivity index (χ1v) is 11.1. The molecule has 0 saturated heterocycles. The van der Waals surface area contributed by atoms with Crippen LogP contribution in [0.4, 0.5) is 0 Å². The Labute approximate surface area is 160 Å². The van der Waals surface area contributed by atoms with Crippen LogP contribution in [0.3, 0.4) is 0 Å². The van der Waals surface area contributed by atoms with Crippen molar-refractivity contribution in [1.82, 2.24) is 0 Å². The number of esters is 1. The van der Waals surface area contributed by atoms with Crippen LogP contribution in [-0.4, -0.2) is 36.5 Å². The number of hydrogen-bond donors (Lipinski definition) is 3. The molecule has 0 aliphatic carbocycles. The quantitative estimate of drug-likeness (QED) is 0.307. The summed E-state index contributed by atoms with van der Waals surface area (Å²) in [5.74, 6) is 0.0185. The average Bonchev–Trinajstić information content (AvgIpc) is 2.50. The third kappa shape index (κ3) is 15.2. The van der Waals surface area contributed by atoms with Crippen molar-refractivity contribution >= 4 is 26.5 Å². The zero-order valence-electron chi connectivity index (χ0n) is 15.2. The first-order chi connectivity index (χ1) is 12.3. The van der Waals surface area contributed by atoms with Crippen molar-refractivity contribution in [3.63, 3.8) is 0 Å². The van der Waals surface area contributed by atoms with E-state index < -0.39 is 31.9 Å². The second-order valence-electron chi connectivity index (χ2n) is 6.19. The minimum absolute atomic E-state index is 0.150. The third-order valence-electron chi connectivity index (χ3n) is 3.24. The van der Waals surface area contributed by atoms with E-state index >= 15 is 0 Å². The Morgan fingerprint density at radius 3 is 1.93 bits per heavy atom. The Morgan fingerprint density at radius 1 is 0.963 bits per heavy atom. The van der Waals surface area contributed by atoms with Crippen LogP contribution in [0.15, 0.2) is 30.3 Å². The number of carbonyl (C=O) groups excluding carboxylic acids is 1. The molecule has 0 aromatic heterocycles. The molecule has 156 valence electrons. The zero-order valence-corrected chi connectivity index (χ0v) is 16.8. The van der Waals surface area contributed by atoms with Gasteiger partial charge in [0.2, 0.25) is 0 Å². The normalized spacial score (nSPS) is 12.8. The van der Waals surface area contributed by atoms with E-state index in [9.17, 15) is 17.8 Å². The first kappa shape index (κ1) is 25.5. The molecule has 1 aromatic rings. The Hall–Kier alpha value is -1.53. The first-order valence-electron chi connectivity index (χ1n) is 8.21. The van der Waals surface area contributed by atoms with Gasteiger partial charge < -0.3 is 4.74 Å². The summed E-state index contributed by atoms with van der Waals surface area (Å²) in [4.78, 5) is 11.8. The van der Waals surface area contributed by atoms with E-state index in [4.69, 9.17) is 22.3 Å². The second kappa shape index (κ2) is 12.0. The molecule has 0 bridgehead atoms. The summed E-state index contributed by atoms with van der Waals surface area (Å²) < 4.78 is 68.6. The number of carbonyl (C=O) groups is 1. The Morgan fingerprint density at radius 2 is 1.48 bits per heavy atom. The van der Waals surface area contributed by atoms with Crippen LogP contribution in [-0.2, 0) is 30.0 Å². The number of benzene rings is 1. The van der Waals surface area contributed by atoms with Crippen molar-refractivity contribution in [1.29, 1.82) is 0 Å². The minimum Gasteiger partial charge on any atom is -0.438 e. The van der Waals surface area contributed by atoms with E-state index in [1.54, 1.807) is 18.2 Å². The molecule has 11 heteroatoms. The van der Waals surface area contributed by atoms with Crippen LogP contribution in [0.1, 0.15) is 57.0 Å². The van der Waals surface area contributed by atoms with Gasteiger partial charge in [-0.25, -0.2) is 0 Å². The van der Waals surface area contributed by atoms with Gasteiger partial charge in [-0.15, -0.1) is 0 Å². The van der Waals surface area contributed by atoms with Crippen LogP contribution in [0, 0.1) is 5.92 Å². The molecule has 0 fully saturated rings. The highest BCUT2D eigenvalue weighted by Gasteiger charge is 2.28. The van der Waals surface area contributed by atoms with Gasteiger partial charge in [-0.3, -0.25) is 18.5 Å². The van der Waals surface area contributed by atoms with E-state index in [-0.39, 0.29) is 12.0 Å². The largest absolute Gasteiger partial charge is 0.438 e. The van der Waals surface area contributed by atoms with Crippen LogP contribution < -0.4 is 0 Å². The lowest BCUT2D eigenvalue weighted by atomic mass is 10.0. The van der Waals surface area contributed by atoms with Crippen molar-refractivity contribution in [2.75, 3.05) is 0 Å². The molecule has 0 aliphatic rings. The minimum atomic E-state index is -4.67. The van der Waals surface area contributed by atoms with Crippen molar-refractivity contribution in [3.05, 3.63) is 35.9 Å². The highest BCUT2D eigenvalue weighted by molar-refractivity contribution is 7.85. The summed E-state index contributed by atoms with van der Waals surface area (Å²) in [6, 6.07) is 7.93. The topological polar surface area (TPSA) is 155 Å². The number of rotatable bonds is 9. The Bertz CT molecular complexity index is 748. The van der Waals surface area contributed by atoms with E-state index in [1.807, 2.05) is 0 Å².